The third-order valence-corrected chi connectivity index (χ3v) is 4.08. The van der Waals surface area contributed by atoms with Crippen molar-refractivity contribution in [3.05, 3.63) is 65.5 Å². The highest BCUT2D eigenvalue weighted by molar-refractivity contribution is 5.77. The van der Waals surface area contributed by atoms with Crippen LogP contribution in [-0.2, 0) is 14.9 Å². The SMILES string of the molecule is COC(CNC(=O)COc1ccc(C(C)(C)C)cc1)c1cccc(F)c1. The Kier molecular flexibility index (Phi) is 6.75. The second-order valence-electron chi connectivity index (χ2n) is 7.15. The summed E-state index contributed by atoms with van der Waals surface area (Å²) in [6.45, 7) is 6.57. The summed E-state index contributed by atoms with van der Waals surface area (Å²) in [7, 11) is 1.52. The molecule has 0 fully saturated rings. The highest BCUT2D eigenvalue weighted by Gasteiger charge is 2.14. The number of hydrogen-bond acceptors (Lipinski definition) is 3. The Balaban J connectivity index is 1.83. The van der Waals surface area contributed by atoms with E-state index in [9.17, 15) is 9.18 Å². The number of carbonyl (C=O) groups is 1. The van der Waals surface area contributed by atoms with Crippen molar-refractivity contribution in [1.82, 2.24) is 5.32 Å². The van der Waals surface area contributed by atoms with Crippen LogP contribution in [0.15, 0.2) is 48.5 Å². The van der Waals surface area contributed by atoms with E-state index in [2.05, 4.69) is 26.1 Å². The summed E-state index contributed by atoms with van der Waals surface area (Å²) in [6.07, 6.45) is -0.416. The zero-order chi connectivity index (χ0) is 19.2. The molecule has 2 aromatic rings. The molecule has 0 aliphatic carbocycles. The first-order chi connectivity index (χ1) is 12.3. The van der Waals surface area contributed by atoms with Gasteiger partial charge in [-0.05, 0) is 40.8 Å². The van der Waals surface area contributed by atoms with Crippen molar-refractivity contribution in [2.24, 2.45) is 0 Å². The van der Waals surface area contributed by atoms with Crippen LogP contribution in [0.3, 0.4) is 0 Å². The lowest BCUT2D eigenvalue weighted by molar-refractivity contribution is -0.123. The van der Waals surface area contributed by atoms with Gasteiger partial charge in [0.1, 0.15) is 11.6 Å². The molecule has 0 aliphatic heterocycles. The maximum absolute atomic E-state index is 13.3. The van der Waals surface area contributed by atoms with Gasteiger partial charge in [0.2, 0.25) is 0 Å². The van der Waals surface area contributed by atoms with Gasteiger partial charge in [-0.1, -0.05) is 45.0 Å². The van der Waals surface area contributed by atoms with Gasteiger partial charge in [0, 0.05) is 13.7 Å². The van der Waals surface area contributed by atoms with Gasteiger partial charge in [0.25, 0.3) is 5.91 Å². The number of ether oxygens (including phenoxy) is 2. The summed E-state index contributed by atoms with van der Waals surface area (Å²) in [4.78, 5) is 12.0. The normalized spacial score (nSPS) is 12.5. The number of rotatable bonds is 7. The third-order valence-electron chi connectivity index (χ3n) is 4.08. The lowest BCUT2D eigenvalue weighted by Crippen LogP contribution is -2.33. The highest BCUT2D eigenvalue weighted by atomic mass is 19.1. The number of amides is 1. The van der Waals surface area contributed by atoms with Crippen LogP contribution in [0.2, 0.25) is 0 Å². The fourth-order valence-corrected chi connectivity index (χ4v) is 2.50. The Morgan fingerprint density at radius 2 is 1.85 bits per heavy atom. The van der Waals surface area contributed by atoms with Crippen LogP contribution in [0, 0.1) is 5.82 Å². The van der Waals surface area contributed by atoms with Crippen LogP contribution < -0.4 is 10.1 Å². The molecular formula is C21H26FNO3. The fraction of sp³-hybridized carbons (Fsp3) is 0.381. The third kappa shape index (κ3) is 5.85. The largest absolute Gasteiger partial charge is 0.484 e. The topological polar surface area (TPSA) is 47.6 Å². The van der Waals surface area contributed by atoms with Gasteiger partial charge < -0.3 is 14.8 Å². The molecule has 0 aliphatic rings. The molecule has 0 spiro atoms. The zero-order valence-corrected chi connectivity index (χ0v) is 15.7. The van der Waals surface area contributed by atoms with Gasteiger partial charge in [-0.15, -0.1) is 0 Å². The van der Waals surface area contributed by atoms with E-state index in [0.717, 1.165) is 0 Å². The molecule has 5 heteroatoms. The van der Waals surface area contributed by atoms with Gasteiger partial charge in [-0.25, -0.2) is 4.39 Å². The van der Waals surface area contributed by atoms with Gasteiger partial charge in [-0.3, -0.25) is 4.79 Å². The molecule has 1 unspecified atom stereocenters. The first kappa shape index (κ1) is 19.9. The number of halogens is 1. The van der Waals surface area contributed by atoms with Crippen molar-refractivity contribution in [3.8, 4) is 5.75 Å². The van der Waals surface area contributed by atoms with E-state index in [4.69, 9.17) is 9.47 Å². The zero-order valence-electron chi connectivity index (χ0n) is 15.7. The van der Waals surface area contributed by atoms with Gasteiger partial charge in [-0.2, -0.15) is 0 Å². The van der Waals surface area contributed by atoms with Crippen LogP contribution in [-0.4, -0.2) is 26.2 Å². The Labute approximate surface area is 154 Å². The van der Waals surface area contributed by atoms with Crippen LogP contribution in [0.5, 0.6) is 5.75 Å². The second kappa shape index (κ2) is 8.81. The molecule has 1 amide bonds. The molecule has 1 N–H and O–H groups in total. The van der Waals surface area contributed by atoms with Crippen molar-refractivity contribution < 1.29 is 18.7 Å². The van der Waals surface area contributed by atoms with E-state index in [1.807, 2.05) is 24.3 Å². The van der Waals surface area contributed by atoms with Crippen LogP contribution in [0.25, 0.3) is 0 Å². The number of benzene rings is 2. The molecule has 0 saturated carbocycles. The minimum Gasteiger partial charge on any atom is -0.484 e. The van der Waals surface area contributed by atoms with E-state index >= 15 is 0 Å². The number of methoxy groups -OCH3 is 1. The quantitative estimate of drug-likeness (QED) is 0.813. The molecule has 1 atom stereocenters. The summed E-state index contributed by atoms with van der Waals surface area (Å²) in [5, 5.41) is 2.75. The predicted octanol–water partition coefficient (Wildman–Crippen LogP) is 4.01. The lowest BCUT2D eigenvalue weighted by Gasteiger charge is -2.19. The summed E-state index contributed by atoms with van der Waals surface area (Å²) in [5.41, 5.74) is 1.95. The summed E-state index contributed by atoms with van der Waals surface area (Å²) in [6, 6.07) is 13.9. The number of carbonyl (C=O) groups excluding carboxylic acids is 1. The van der Waals surface area contributed by atoms with Crippen molar-refractivity contribution in [3.63, 3.8) is 0 Å². The van der Waals surface area contributed by atoms with E-state index in [1.54, 1.807) is 12.1 Å². The predicted molar refractivity (Wildman–Crippen MR) is 99.8 cm³/mol. The molecule has 2 aromatic carbocycles. The Morgan fingerprint density at radius 1 is 1.15 bits per heavy atom. The standard InChI is InChI=1S/C21H26FNO3/c1-21(2,3)16-8-10-18(11-9-16)26-14-20(24)23-13-19(25-4)15-6-5-7-17(22)12-15/h5-12,19H,13-14H2,1-4H3,(H,23,24). The molecule has 0 bridgehead atoms. The van der Waals surface area contributed by atoms with E-state index < -0.39 is 6.10 Å². The monoisotopic (exact) mass is 359 g/mol. The number of hydrogen-bond donors (Lipinski definition) is 1. The molecule has 0 aromatic heterocycles. The lowest BCUT2D eigenvalue weighted by atomic mass is 9.87. The Morgan fingerprint density at radius 3 is 2.42 bits per heavy atom. The van der Waals surface area contributed by atoms with Crippen LogP contribution >= 0.6 is 0 Å². The second-order valence-corrected chi connectivity index (χ2v) is 7.15. The molecular weight excluding hydrogens is 333 g/mol. The molecule has 26 heavy (non-hydrogen) atoms. The van der Waals surface area contributed by atoms with Crippen LogP contribution in [0.4, 0.5) is 4.39 Å². The highest BCUT2D eigenvalue weighted by Crippen LogP contribution is 2.24. The molecule has 0 saturated heterocycles. The van der Waals surface area contributed by atoms with Gasteiger partial charge in [0.15, 0.2) is 6.61 Å². The summed E-state index contributed by atoms with van der Waals surface area (Å²) >= 11 is 0. The fourth-order valence-electron chi connectivity index (χ4n) is 2.50. The molecule has 0 heterocycles. The van der Waals surface area contributed by atoms with Crippen molar-refractivity contribution in [2.75, 3.05) is 20.3 Å². The average Bonchev–Trinajstić information content (AvgIpc) is 2.60. The molecule has 4 nitrogen and oxygen atoms in total. The Bertz CT molecular complexity index is 723. The molecule has 0 radical (unpaired) electrons. The maximum atomic E-state index is 13.3. The van der Waals surface area contributed by atoms with E-state index in [1.165, 1.54) is 24.8 Å². The first-order valence-corrected chi connectivity index (χ1v) is 8.58. The Hall–Kier alpha value is -2.40. The average molecular weight is 359 g/mol. The molecule has 140 valence electrons. The molecule has 2 rings (SSSR count). The maximum Gasteiger partial charge on any atom is 0.258 e. The smallest absolute Gasteiger partial charge is 0.258 e. The van der Waals surface area contributed by atoms with Crippen molar-refractivity contribution in [1.29, 1.82) is 0 Å². The van der Waals surface area contributed by atoms with Crippen molar-refractivity contribution in [2.45, 2.75) is 32.3 Å². The summed E-state index contributed by atoms with van der Waals surface area (Å²) < 4.78 is 24.2. The minimum atomic E-state index is -0.416. The first-order valence-electron chi connectivity index (χ1n) is 8.58. The van der Waals surface area contributed by atoms with Gasteiger partial charge in [0.05, 0.1) is 6.10 Å². The van der Waals surface area contributed by atoms with Crippen LogP contribution in [0.1, 0.15) is 38.0 Å². The van der Waals surface area contributed by atoms with E-state index in [0.29, 0.717) is 11.3 Å². The van der Waals surface area contributed by atoms with Gasteiger partial charge >= 0.3 is 0 Å². The van der Waals surface area contributed by atoms with Crippen molar-refractivity contribution >= 4 is 5.91 Å². The minimum absolute atomic E-state index is 0.0714. The van der Waals surface area contributed by atoms with E-state index in [-0.39, 0.29) is 30.3 Å². The number of nitrogens with one attached hydrogen (secondary N) is 1. The summed E-state index contributed by atoms with van der Waals surface area (Å²) in [5.74, 6) is 0.0443.